The average molecular weight is 338 g/mol. The summed E-state index contributed by atoms with van der Waals surface area (Å²) in [7, 11) is 0. The van der Waals surface area contributed by atoms with Gasteiger partial charge in [0, 0.05) is 11.1 Å². The summed E-state index contributed by atoms with van der Waals surface area (Å²) in [5.41, 5.74) is 3.14. The highest BCUT2D eigenvalue weighted by molar-refractivity contribution is 6.13. The molecule has 0 saturated heterocycles. The van der Waals surface area contributed by atoms with Crippen LogP contribution in [0.5, 0.6) is 11.5 Å². The van der Waals surface area contributed by atoms with Gasteiger partial charge in [-0.1, -0.05) is 12.1 Å². The van der Waals surface area contributed by atoms with Crippen LogP contribution in [0.2, 0.25) is 0 Å². The molecule has 0 radical (unpaired) electrons. The summed E-state index contributed by atoms with van der Waals surface area (Å²) in [6.45, 7) is 0.123. The molecule has 0 heterocycles. The van der Waals surface area contributed by atoms with Crippen molar-refractivity contribution in [3.63, 3.8) is 0 Å². The Morgan fingerprint density at radius 1 is 1.12 bits per heavy atom. The van der Waals surface area contributed by atoms with Crippen molar-refractivity contribution in [1.29, 1.82) is 0 Å². The summed E-state index contributed by atoms with van der Waals surface area (Å²) < 4.78 is 5.35. The van der Waals surface area contributed by atoms with Gasteiger partial charge in [0.1, 0.15) is 11.5 Å². The highest BCUT2D eigenvalue weighted by atomic mass is 16.5. The number of ether oxygens (including phenoxy) is 1. The molecule has 128 valence electrons. The standard InChI is InChI=1S/C20H18O5/c21-16-5-8-18-14(12-16)3-4-15(20(18)24)11-13-1-6-17(7-2-13)25-10-9-19(22)23/h1-2,5-8,11-12,21H,3-4,9-10H2,(H,22,23). The van der Waals surface area contributed by atoms with Gasteiger partial charge in [-0.05, 0) is 60.4 Å². The lowest BCUT2D eigenvalue weighted by Gasteiger charge is -2.17. The average Bonchev–Trinajstić information content (AvgIpc) is 2.58. The minimum atomic E-state index is -0.897. The second kappa shape index (κ2) is 7.21. The number of carboxylic acid groups (broad SMARTS) is 1. The number of benzene rings is 2. The van der Waals surface area contributed by atoms with E-state index in [9.17, 15) is 14.7 Å². The fraction of sp³-hybridized carbons (Fsp3) is 0.200. The van der Waals surface area contributed by atoms with Crippen molar-refractivity contribution in [2.24, 2.45) is 0 Å². The van der Waals surface area contributed by atoms with E-state index in [-0.39, 0.29) is 24.6 Å². The summed E-state index contributed by atoms with van der Waals surface area (Å²) in [5, 5.41) is 18.1. The number of rotatable bonds is 5. The molecule has 5 heteroatoms. The van der Waals surface area contributed by atoms with Gasteiger partial charge in [0.25, 0.3) is 0 Å². The normalized spacial score (nSPS) is 15.0. The van der Waals surface area contributed by atoms with Gasteiger partial charge >= 0.3 is 5.97 Å². The number of aromatic hydroxyl groups is 1. The molecule has 5 nitrogen and oxygen atoms in total. The molecule has 0 unspecified atom stereocenters. The highest BCUT2D eigenvalue weighted by Gasteiger charge is 2.21. The second-order valence-corrected chi connectivity index (χ2v) is 5.90. The zero-order valence-electron chi connectivity index (χ0n) is 13.6. The first kappa shape index (κ1) is 16.8. The van der Waals surface area contributed by atoms with E-state index < -0.39 is 5.97 Å². The number of carbonyl (C=O) groups excluding carboxylic acids is 1. The van der Waals surface area contributed by atoms with Gasteiger partial charge in [0.15, 0.2) is 5.78 Å². The van der Waals surface area contributed by atoms with Crippen molar-refractivity contribution >= 4 is 17.8 Å². The molecule has 0 amide bonds. The topological polar surface area (TPSA) is 83.8 Å². The van der Waals surface area contributed by atoms with Crippen molar-refractivity contribution in [2.75, 3.05) is 6.61 Å². The Morgan fingerprint density at radius 3 is 2.60 bits per heavy atom. The molecule has 2 aromatic rings. The van der Waals surface area contributed by atoms with E-state index in [1.165, 1.54) is 6.07 Å². The van der Waals surface area contributed by atoms with E-state index in [0.29, 0.717) is 17.7 Å². The molecule has 0 saturated carbocycles. The third-order valence-electron chi connectivity index (χ3n) is 4.09. The minimum absolute atomic E-state index is 0.0111. The predicted octanol–water partition coefficient (Wildman–Crippen LogP) is 3.46. The summed E-state index contributed by atoms with van der Waals surface area (Å²) in [4.78, 5) is 23.0. The quantitative estimate of drug-likeness (QED) is 0.816. The first-order valence-corrected chi connectivity index (χ1v) is 8.05. The lowest BCUT2D eigenvalue weighted by Crippen LogP contribution is -2.13. The lowest BCUT2D eigenvalue weighted by atomic mass is 9.86. The van der Waals surface area contributed by atoms with Crippen molar-refractivity contribution in [3.8, 4) is 11.5 Å². The molecule has 0 atom stereocenters. The van der Waals surface area contributed by atoms with Crippen LogP contribution in [-0.2, 0) is 11.2 Å². The Labute approximate surface area is 145 Å². The number of hydrogen-bond acceptors (Lipinski definition) is 4. The number of hydrogen-bond donors (Lipinski definition) is 2. The maximum atomic E-state index is 12.6. The third-order valence-corrected chi connectivity index (χ3v) is 4.09. The largest absolute Gasteiger partial charge is 0.508 e. The Balaban J connectivity index is 1.72. The Bertz CT molecular complexity index is 834. The molecule has 2 aromatic carbocycles. The van der Waals surface area contributed by atoms with Gasteiger partial charge < -0.3 is 14.9 Å². The van der Waals surface area contributed by atoms with E-state index in [1.807, 2.05) is 18.2 Å². The molecule has 3 rings (SSSR count). The number of carboxylic acids is 1. The molecule has 25 heavy (non-hydrogen) atoms. The maximum absolute atomic E-state index is 12.6. The second-order valence-electron chi connectivity index (χ2n) is 5.90. The fourth-order valence-corrected chi connectivity index (χ4v) is 2.82. The van der Waals surface area contributed by atoms with Crippen LogP contribution in [0, 0.1) is 0 Å². The number of Topliss-reactive ketones (excluding diaryl/α,β-unsaturated/α-hetero) is 1. The summed E-state index contributed by atoms with van der Waals surface area (Å²) in [6, 6.07) is 12.0. The van der Waals surface area contributed by atoms with Crippen molar-refractivity contribution < 1.29 is 24.5 Å². The molecule has 0 aliphatic heterocycles. The van der Waals surface area contributed by atoms with E-state index >= 15 is 0 Å². The highest BCUT2D eigenvalue weighted by Crippen LogP contribution is 2.29. The van der Waals surface area contributed by atoms with Gasteiger partial charge in [-0.25, -0.2) is 0 Å². The molecule has 0 spiro atoms. The molecule has 1 aliphatic rings. The van der Waals surface area contributed by atoms with Gasteiger partial charge in [0.05, 0.1) is 13.0 Å². The van der Waals surface area contributed by atoms with E-state index in [1.54, 1.807) is 24.3 Å². The van der Waals surface area contributed by atoms with Crippen LogP contribution in [0.4, 0.5) is 0 Å². The van der Waals surface area contributed by atoms with Gasteiger partial charge in [-0.15, -0.1) is 0 Å². The minimum Gasteiger partial charge on any atom is -0.508 e. The van der Waals surface area contributed by atoms with Crippen LogP contribution >= 0.6 is 0 Å². The number of ketones is 1. The van der Waals surface area contributed by atoms with E-state index in [2.05, 4.69) is 0 Å². The van der Waals surface area contributed by atoms with E-state index in [0.717, 1.165) is 23.1 Å². The number of phenolic OH excluding ortho intramolecular Hbond substituents is 1. The van der Waals surface area contributed by atoms with Crippen LogP contribution in [0.3, 0.4) is 0 Å². The van der Waals surface area contributed by atoms with Crippen LogP contribution in [0.15, 0.2) is 48.0 Å². The van der Waals surface area contributed by atoms with Crippen LogP contribution in [0.25, 0.3) is 6.08 Å². The molecule has 0 fully saturated rings. The number of aryl methyl sites for hydroxylation is 1. The third kappa shape index (κ3) is 4.07. The molecular formula is C20H18O5. The number of carbonyl (C=O) groups is 2. The predicted molar refractivity (Wildman–Crippen MR) is 92.9 cm³/mol. The maximum Gasteiger partial charge on any atom is 0.306 e. The van der Waals surface area contributed by atoms with Gasteiger partial charge in [-0.2, -0.15) is 0 Å². The van der Waals surface area contributed by atoms with Crippen molar-refractivity contribution in [3.05, 3.63) is 64.7 Å². The SMILES string of the molecule is O=C(O)CCOc1ccc(C=C2CCc3cc(O)ccc3C2=O)cc1. The Hall–Kier alpha value is -3.08. The Morgan fingerprint density at radius 2 is 1.88 bits per heavy atom. The first-order chi connectivity index (χ1) is 12.0. The molecule has 2 N–H and O–H groups in total. The molecule has 0 aromatic heterocycles. The zero-order valence-corrected chi connectivity index (χ0v) is 13.6. The number of fused-ring (bicyclic) bond motifs is 1. The van der Waals surface area contributed by atoms with Crippen molar-refractivity contribution in [1.82, 2.24) is 0 Å². The van der Waals surface area contributed by atoms with Crippen molar-refractivity contribution in [2.45, 2.75) is 19.3 Å². The lowest BCUT2D eigenvalue weighted by molar-refractivity contribution is -0.137. The number of allylic oxidation sites excluding steroid dienone is 1. The summed E-state index contributed by atoms with van der Waals surface area (Å²) in [6.07, 6.45) is 3.16. The summed E-state index contributed by atoms with van der Waals surface area (Å²) >= 11 is 0. The zero-order chi connectivity index (χ0) is 17.8. The number of phenols is 1. The van der Waals surface area contributed by atoms with Crippen LogP contribution in [0.1, 0.15) is 34.3 Å². The first-order valence-electron chi connectivity index (χ1n) is 8.05. The Kier molecular flexibility index (Phi) is 4.84. The molecule has 0 bridgehead atoms. The van der Waals surface area contributed by atoms with Crippen LogP contribution in [-0.4, -0.2) is 28.6 Å². The van der Waals surface area contributed by atoms with E-state index in [4.69, 9.17) is 9.84 Å². The molecular weight excluding hydrogens is 320 g/mol. The summed E-state index contributed by atoms with van der Waals surface area (Å²) in [5.74, 6) is -0.134. The smallest absolute Gasteiger partial charge is 0.306 e. The fourth-order valence-electron chi connectivity index (χ4n) is 2.82. The monoisotopic (exact) mass is 338 g/mol. The number of aliphatic carboxylic acids is 1. The van der Waals surface area contributed by atoms with Gasteiger partial charge in [0.2, 0.25) is 0 Å². The van der Waals surface area contributed by atoms with Gasteiger partial charge in [-0.3, -0.25) is 9.59 Å². The molecule has 1 aliphatic carbocycles. The van der Waals surface area contributed by atoms with Crippen LogP contribution < -0.4 is 4.74 Å².